The molecule has 1 aromatic rings. The zero-order chi connectivity index (χ0) is 19.7. The van der Waals surface area contributed by atoms with Crippen LogP contribution in [-0.2, 0) is 22.7 Å². The van der Waals surface area contributed by atoms with Crippen molar-refractivity contribution in [1.82, 2.24) is 15.1 Å². The Morgan fingerprint density at radius 2 is 1.68 bits per heavy atom. The second-order valence-corrected chi connectivity index (χ2v) is 9.35. The van der Waals surface area contributed by atoms with E-state index < -0.39 is 0 Å². The molecule has 0 bridgehead atoms. The molecule has 2 saturated heterocycles. The van der Waals surface area contributed by atoms with Gasteiger partial charge in [0.05, 0.1) is 5.92 Å². The highest BCUT2D eigenvalue weighted by molar-refractivity contribution is 5.89. The molecule has 0 unspecified atom stereocenters. The van der Waals surface area contributed by atoms with E-state index in [1.165, 1.54) is 25.1 Å². The van der Waals surface area contributed by atoms with Crippen molar-refractivity contribution < 1.29 is 9.59 Å². The van der Waals surface area contributed by atoms with E-state index in [-0.39, 0.29) is 17.7 Å². The Bertz CT molecular complexity index is 703. The van der Waals surface area contributed by atoms with Crippen LogP contribution < -0.4 is 5.32 Å². The highest BCUT2D eigenvalue weighted by atomic mass is 16.2. The van der Waals surface area contributed by atoms with Crippen LogP contribution in [0.2, 0.25) is 0 Å². The summed E-state index contributed by atoms with van der Waals surface area (Å²) in [6, 6.07) is 8.99. The number of hydrogen-bond acceptors (Lipinski definition) is 3. The molecular weight excluding hydrogens is 350 g/mol. The molecule has 152 valence electrons. The Balaban J connectivity index is 1.24. The second-order valence-electron chi connectivity index (χ2n) is 9.35. The zero-order valence-electron chi connectivity index (χ0n) is 17.2. The molecule has 2 amide bonds. The van der Waals surface area contributed by atoms with Crippen molar-refractivity contribution >= 4 is 11.8 Å². The number of nitrogens with zero attached hydrogens (tertiary/aromatic N) is 2. The summed E-state index contributed by atoms with van der Waals surface area (Å²) in [4.78, 5) is 28.9. The third kappa shape index (κ3) is 4.75. The monoisotopic (exact) mass is 383 g/mol. The number of amides is 2. The fraction of sp³-hybridized carbons (Fsp3) is 0.652. The highest BCUT2D eigenvalue weighted by Crippen LogP contribution is 2.32. The van der Waals surface area contributed by atoms with Crippen LogP contribution >= 0.6 is 0 Å². The summed E-state index contributed by atoms with van der Waals surface area (Å²) in [5.74, 6) is 1.52. The lowest BCUT2D eigenvalue weighted by molar-refractivity contribution is -0.129. The summed E-state index contributed by atoms with van der Waals surface area (Å²) in [5, 5.41) is 3.03. The van der Waals surface area contributed by atoms with E-state index in [9.17, 15) is 9.59 Å². The lowest BCUT2D eigenvalue weighted by Gasteiger charge is -2.35. The summed E-state index contributed by atoms with van der Waals surface area (Å²) in [6.07, 6.45) is 3.90. The van der Waals surface area contributed by atoms with E-state index >= 15 is 0 Å². The number of carbonyl (C=O) groups is 2. The Labute approximate surface area is 168 Å². The number of carbonyl (C=O) groups excluding carboxylic acids is 2. The molecule has 28 heavy (non-hydrogen) atoms. The molecule has 0 radical (unpaired) electrons. The molecule has 2 heterocycles. The quantitative estimate of drug-likeness (QED) is 0.822. The number of benzene rings is 1. The number of rotatable bonds is 6. The topological polar surface area (TPSA) is 52.7 Å². The number of nitrogens with one attached hydrogen (secondary N) is 1. The van der Waals surface area contributed by atoms with E-state index in [1.807, 2.05) is 4.90 Å². The van der Waals surface area contributed by atoms with E-state index in [2.05, 4.69) is 48.3 Å². The SMILES string of the molecule is C[C@@H]1C[C@H](C)CN(Cc2ccc(CNC(=O)[C@@H]3CC(=O)N(C4CC4)C3)cc2)C1. The first-order chi connectivity index (χ1) is 13.5. The number of piperidine rings is 1. The van der Waals surface area contributed by atoms with Crippen molar-refractivity contribution in [2.24, 2.45) is 17.8 Å². The van der Waals surface area contributed by atoms with Crippen LogP contribution in [0.5, 0.6) is 0 Å². The third-order valence-electron chi connectivity index (χ3n) is 6.36. The maximum absolute atomic E-state index is 12.4. The average Bonchev–Trinajstić information content (AvgIpc) is 3.42. The van der Waals surface area contributed by atoms with Gasteiger partial charge in [-0.15, -0.1) is 0 Å². The molecule has 5 nitrogen and oxygen atoms in total. The number of likely N-dealkylation sites (tertiary alicyclic amines) is 2. The molecule has 4 rings (SSSR count). The second kappa shape index (κ2) is 8.24. The van der Waals surface area contributed by atoms with Crippen molar-refractivity contribution in [1.29, 1.82) is 0 Å². The van der Waals surface area contributed by atoms with Gasteiger partial charge < -0.3 is 10.2 Å². The predicted molar refractivity (Wildman–Crippen MR) is 109 cm³/mol. The normalized spacial score (nSPS) is 28.6. The number of hydrogen-bond donors (Lipinski definition) is 1. The largest absolute Gasteiger partial charge is 0.352 e. The minimum absolute atomic E-state index is 0.0110. The minimum Gasteiger partial charge on any atom is -0.352 e. The van der Waals surface area contributed by atoms with Crippen LogP contribution in [0.3, 0.4) is 0 Å². The van der Waals surface area contributed by atoms with Crippen LogP contribution in [0, 0.1) is 17.8 Å². The summed E-state index contributed by atoms with van der Waals surface area (Å²) < 4.78 is 0. The van der Waals surface area contributed by atoms with Crippen LogP contribution in [0.4, 0.5) is 0 Å². The average molecular weight is 384 g/mol. The molecular formula is C23H33N3O2. The standard InChI is InChI=1S/C23H33N3O2/c1-16-9-17(2)13-25(12-16)14-19-5-3-18(4-6-19)11-24-23(28)20-10-22(27)26(15-20)21-7-8-21/h3-6,16-17,20-21H,7-15H2,1-2H3,(H,24,28)/t16-,17+,20-/m1/s1. The predicted octanol–water partition coefficient (Wildman–Crippen LogP) is 2.79. The molecule has 2 aliphatic heterocycles. The van der Waals surface area contributed by atoms with Crippen LogP contribution in [-0.4, -0.2) is 47.3 Å². The van der Waals surface area contributed by atoms with Gasteiger partial charge in [-0.05, 0) is 42.2 Å². The first kappa shape index (κ1) is 19.4. The van der Waals surface area contributed by atoms with Gasteiger partial charge in [0.1, 0.15) is 0 Å². The van der Waals surface area contributed by atoms with Gasteiger partial charge in [0.2, 0.25) is 11.8 Å². The summed E-state index contributed by atoms with van der Waals surface area (Å²) in [6.45, 7) is 9.18. The summed E-state index contributed by atoms with van der Waals surface area (Å²) >= 11 is 0. The lowest BCUT2D eigenvalue weighted by Crippen LogP contribution is -2.38. The van der Waals surface area contributed by atoms with Gasteiger partial charge >= 0.3 is 0 Å². The first-order valence-electron chi connectivity index (χ1n) is 10.8. The molecule has 3 fully saturated rings. The van der Waals surface area contributed by atoms with Crippen molar-refractivity contribution in [3.63, 3.8) is 0 Å². The van der Waals surface area contributed by atoms with Gasteiger partial charge in [-0.2, -0.15) is 0 Å². The molecule has 1 N–H and O–H groups in total. The Morgan fingerprint density at radius 1 is 1.04 bits per heavy atom. The van der Waals surface area contributed by atoms with Crippen LogP contribution in [0.1, 0.15) is 50.7 Å². The molecule has 0 aromatic heterocycles. The van der Waals surface area contributed by atoms with Crippen molar-refractivity contribution in [2.75, 3.05) is 19.6 Å². The zero-order valence-corrected chi connectivity index (χ0v) is 17.2. The molecule has 0 spiro atoms. The van der Waals surface area contributed by atoms with Crippen molar-refractivity contribution in [3.05, 3.63) is 35.4 Å². The summed E-state index contributed by atoms with van der Waals surface area (Å²) in [5.41, 5.74) is 2.44. The smallest absolute Gasteiger partial charge is 0.225 e. The first-order valence-corrected chi connectivity index (χ1v) is 10.8. The Kier molecular flexibility index (Phi) is 5.72. The minimum atomic E-state index is -0.185. The van der Waals surface area contributed by atoms with E-state index in [0.717, 1.165) is 36.8 Å². The third-order valence-corrected chi connectivity index (χ3v) is 6.36. The van der Waals surface area contributed by atoms with Crippen molar-refractivity contribution in [2.45, 2.75) is 58.7 Å². The van der Waals surface area contributed by atoms with Crippen LogP contribution in [0.25, 0.3) is 0 Å². The van der Waals surface area contributed by atoms with Gasteiger partial charge in [0.15, 0.2) is 0 Å². The molecule has 3 aliphatic rings. The fourth-order valence-corrected chi connectivity index (χ4v) is 4.92. The Hall–Kier alpha value is -1.88. The lowest BCUT2D eigenvalue weighted by atomic mass is 9.91. The molecule has 1 saturated carbocycles. The summed E-state index contributed by atoms with van der Waals surface area (Å²) in [7, 11) is 0. The molecule has 5 heteroatoms. The van der Waals surface area contributed by atoms with Gasteiger partial charge in [0, 0.05) is 45.2 Å². The molecule has 1 aromatic carbocycles. The fourth-order valence-electron chi connectivity index (χ4n) is 4.92. The van der Waals surface area contributed by atoms with Gasteiger partial charge in [-0.3, -0.25) is 14.5 Å². The van der Waals surface area contributed by atoms with Gasteiger partial charge in [-0.1, -0.05) is 38.1 Å². The van der Waals surface area contributed by atoms with Gasteiger partial charge in [0.25, 0.3) is 0 Å². The molecule has 3 atom stereocenters. The maximum Gasteiger partial charge on any atom is 0.225 e. The highest BCUT2D eigenvalue weighted by Gasteiger charge is 2.41. The van der Waals surface area contributed by atoms with Gasteiger partial charge in [-0.25, -0.2) is 0 Å². The molecule has 1 aliphatic carbocycles. The van der Waals surface area contributed by atoms with E-state index in [1.54, 1.807) is 0 Å². The maximum atomic E-state index is 12.4. The van der Waals surface area contributed by atoms with E-state index in [0.29, 0.717) is 25.6 Å². The van der Waals surface area contributed by atoms with E-state index in [4.69, 9.17) is 0 Å². The van der Waals surface area contributed by atoms with Crippen LogP contribution in [0.15, 0.2) is 24.3 Å². The van der Waals surface area contributed by atoms with Crippen molar-refractivity contribution in [3.8, 4) is 0 Å². The Morgan fingerprint density at radius 3 is 2.32 bits per heavy atom.